The van der Waals surface area contributed by atoms with E-state index >= 15 is 0 Å². The summed E-state index contributed by atoms with van der Waals surface area (Å²) in [6.07, 6.45) is 0. The molecule has 1 heterocycles. The van der Waals surface area contributed by atoms with Crippen LogP contribution < -0.4 is 10.6 Å². The lowest BCUT2D eigenvalue weighted by molar-refractivity contribution is 0.0951. The van der Waals surface area contributed by atoms with Gasteiger partial charge in [0, 0.05) is 27.0 Å². The van der Waals surface area contributed by atoms with Crippen LogP contribution in [-0.4, -0.2) is 16.1 Å². The van der Waals surface area contributed by atoms with Gasteiger partial charge in [-0.25, -0.2) is 0 Å². The number of carbonyl (C=O) groups is 1. The monoisotopic (exact) mass is 456 g/mol. The molecule has 0 fully saturated rings. The molecule has 0 saturated carbocycles. The number of hydrogen-bond donors (Lipinski definition) is 3. The lowest BCUT2D eigenvalue weighted by Gasteiger charge is -2.11. The van der Waals surface area contributed by atoms with Gasteiger partial charge in [0.15, 0.2) is 10.9 Å². The number of thiocarbonyl (C=S) groups is 1. The number of benzene rings is 3. The second-order valence-corrected chi connectivity index (χ2v) is 7.63. The Bertz CT molecular complexity index is 1290. The Morgan fingerprint density at radius 3 is 2.53 bits per heavy atom. The highest BCUT2D eigenvalue weighted by Crippen LogP contribution is 2.32. The summed E-state index contributed by atoms with van der Waals surface area (Å²) in [5.74, 6) is 0.169. The van der Waals surface area contributed by atoms with Gasteiger partial charge in [-0.15, -0.1) is 0 Å². The standard InChI is InChI=1S/C22H14Cl2N2O3S/c23-12-7-8-15(16(24)11-12)19-9-10-20(29-19)21(28)26-22(30)25-17-5-1-4-14-13(17)3-2-6-18(14)27/h1-11,27H,(H2,25,26,28,30). The van der Waals surface area contributed by atoms with Crippen LogP contribution in [0, 0.1) is 0 Å². The van der Waals surface area contributed by atoms with Gasteiger partial charge in [0.05, 0.1) is 5.02 Å². The van der Waals surface area contributed by atoms with Crippen LogP contribution in [0.1, 0.15) is 10.6 Å². The van der Waals surface area contributed by atoms with Crippen LogP contribution in [0.3, 0.4) is 0 Å². The van der Waals surface area contributed by atoms with Crippen LogP contribution >= 0.6 is 35.4 Å². The molecule has 0 aliphatic carbocycles. The van der Waals surface area contributed by atoms with Crippen LogP contribution in [0.15, 0.2) is 71.1 Å². The van der Waals surface area contributed by atoms with E-state index in [1.54, 1.807) is 54.6 Å². The molecule has 0 aliphatic rings. The third-order valence-electron chi connectivity index (χ3n) is 4.40. The number of anilines is 1. The third kappa shape index (κ3) is 4.11. The number of nitrogens with one attached hydrogen (secondary N) is 2. The summed E-state index contributed by atoms with van der Waals surface area (Å²) in [5, 5.41) is 18.0. The van der Waals surface area contributed by atoms with Crippen LogP contribution in [0.25, 0.3) is 22.1 Å². The van der Waals surface area contributed by atoms with Crippen molar-refractivity contribution in [3.63, 3.8) is 0 Å². The number of furan rings is 1. The Kier molecular flexibility index (Phi) is 5.63. The van der Waals surface area contributed by atoms with Gasteiger partial charge >= 0.3 is 0 Å². The molecule has 0 saturated heterocycles. The van der Waals surface area contributed by atoms with E-state index in [9.17, 15) is 9.90 Å². The van der Waals surface area contributed by atoms with Crippen molar-refractivity contribution in [1.29, 1.82) is 0 Å². The van der Waals surface area contributed by atoms with Crippen molar-refractivity contribution >= 4 is 62.9 Å². The minimum absolute atomic E-state index is 0.0794. The Labute approximate surface area is 187 Å². The maximum atomic E-state index is 12.5. The van der Waals surface area contributed by atoms with Gasteiger partial charge in [-0.1, -0.05) is 47.5 Å². The average molecular weight is 457 g/mol. The van der Waals surface area contributed by atoms with E-state index in [1.165, 1.54) is 6.07 Å². The zero-order chi connectivity index (χ0) is 21.3. The fourth-order valence-electron chi connectivity index (χ4n) is 3.01. The zero-order valence-electron chi connectivity index (χ0n) is 15.3. The van der Waals surface area contributed by atoms with Crippen molar-refractivity contribution in [2.24, 2.45) is 0 Å². The smallest absolute Gasteiger partial charge is 0.293 e. The van der Waals surface area contributed by atoms with Crippen LogP contribution in [0.2, 0.25) is 10.0 Å². The molecule has 3 N–H and O–H groups in total. The Morgan fingerprint density at radius 1 is 0.967 bits per heavy atom. The first-order chi connectivity index (χ1) is 14.4. The number of hydrogen-bond acceptors (Lipinski definition) is 4. The molecule has 0 bridgehead atoms. The number of amides is 1. The molecule has 0 spiro atoms. The number of phenolic OH excluding ortho intramolecular Hbond substituents is 1. The lowest BCUT2D eigenvalue weighted by atomic mass is 10.1. The van der Waals surface area contributed by atoms with Crippen molar-refractivity contribution in [3.8, 4) is 17.1 Å². The largest absolute Gasteiger partial charge is 0.507 e. The molecule has 4 aromatic rings. The number of aromatic hydroxyl groups is 1. The quantitative estimate of drug-likeness (QED) is 0.318. The number of phenols is 1. The Morgan fingerprint density at radius 2 is 1.73 bits per heavy atom. The first kappa shape index (κ1) is 20.2. The van der Waals surface area contributed by atoms with Crippen LogP contribution in [0.5, 0.6) is 5.75 Å². The normalized spacial score (nSPS) is 10.7. The van der Waals surface area contributed by atoms with Gasteiger partial charge in [-0.05, 0) is 54.7 Å². The highest BCUT2D eigenvalue weighted by Gasteiger charge is 2.16. The predicted molar refractivity (Wildman–Crippen MR) is 123 cm³/mol. The van der Waals surface area contributed by atoms with Gasteiger partial charge in [0.2, 0.25) is 0 Å². The number of fused-ring (bicyclic) bond motifs is 1. The van der Waals surface area contributed by atoms with Crippen molar-refractivity contribution in [2.45, 2.75) is 0 Å². The summed E-state index contributed by atoms with van der Waals surface area (Å²) in [7, 11) is 0. The summed E-state index contributed by atoms with van der Waals surface area (Å²) in [5.41, 5.74) is 1.28. The minimum Gasteiger partial charge on any atom is -0.507 e. The number of rotatable bonds is 3. The lowest BCUT2D eigenvalue weighted by Crippen LogP contribution is -2.33. The van der Waals surface area contributed by atoms with Gasteiger partial charge in [0.1, 0.15) is 11.5 Å². The second kappa shape index (κ2) is 8.36. The second-order valence-electron chi connectivity index (χ2n) is 6.37. The van der Waals surface area contributed by atoms with Gasteiger partial charge in [0.25, 0.3) is 5.91 Å². The molecular weight excluding hydrogens is 443 g/mol. The molecule has 8 heteroatoms. The van der Waals surface area contributed by atoms with Crippen molar-refractivity contribution in [3.05, 3.63) is 82.5 Å². The van der Waals surface area contributed by atoms with Crippen molar-refractivity contribution in [1.82, 2.24) is 5.32 Å². The van der Waals surface area contributed by atoms with Crippen LogP contribution in [-0.2, 0) is 0 Å². The topological polar surface area (TPSA) is 74.5 Å². The molecule has 5 nitrogen and oxygen atoms in total. The number of halogens is 2. The molecule has 30 heavy (non-hydrogen) atoms. The van der Waals surface area contributed by atoms with E-state index in [0.717, 1.165) is 5.39 Å². The highest BCUT2D eigenvalue weighted by atomic mass is 35.5. The predicted octanol–water partition coefficient (Wildman–Crippen LogP) is 6.24. The van der Waals surface area contributed by atoms with E-state index in [4.69, 9.17) is 39.8 Å². The average Bonchev–Trinajstić information content (AvgIpc) is 3.19. The highest BCUT2D eigenvalue weighted by molar-refractivity contribution is 7.80. The number of carbonyl (C=O) groups excluding carboxylic acids is 1. The fourth-order valence-corrected chi connectivity index (χ4v) is 3.72. The van der Waals surface area contributed by atoms with Crippen LogP contribution in [0.4, 0.5) is 5.69 Å². The van der Waals surface area contributed by atoms with E-state index in [2.05, 4.69) is 10.6 Å². The summed E-state index contributed by atoms with van der Waals surface area (Å²) in [6, 6.07) is 18.7. The summed E-state index contributed by atoms with van der Waals surface area (Å²) < 4.78 is 5.63. The maximum absolute atomic E-state index is 12.5. The SMILES string of the molecule is O=C(NC(=S)Nc1cccc2c(O)cccc12)c1ccc(-c2ccc(Cl)cc2Cl)o1. The molecule has 4 rings (SSSR count). The molecule has 0 atom stereocenters. The fraction of sp³-hybridized carbons (Fsp3) is 0. The first-order valence-electron chi connectivity index (χ1n) is 8.80. The summed E-state index contributed by atoms with van der Waals surface area (Å²) in [4.78, 5) is 12.5. The van der Waals surface area contributed by atoms with E-state index < -0.39 is 5.91 Å². The minimum atomic E-state index is -0.507. The third-order valence-corrected chi connectivity index (χ3v) is 5.15. The Balaban J connectivity index is 1.49. The van der Waals surface area contributed by atoms with Gasteiger partial charge in [-0.2, -0.15) is 0 Å². The maximum Gasteiger partial charge on any atom is 0.293 e. The van der Waals surface area contributed by atoms with E-state index in [1.807, 2.05) is 6.07 Å². The molecule has 1 amide bonds. The molecular formula is C22H14Cl2N2O3S. The van der Waals surface area contributed by atoms with Crippen molar-refractivity contribution in [2.75, 3.05) is 5.32 Å². The van der Waals surface area contributed by atoms with E-state index in [0.29, 0.717) is 32.4 Å². The molecule has 0 unspecified atom stereocenters. The zero-order valence-corrected chi connectivity index (χ0v) is 17.6. The van der Waals surface area contributed by atoms with E-state index in [-0.39, 0.29) is 16.6 Å². The van der Waals surface area contributed by atoms with Gasteiger partial charge in [-0.3, -0.25) is 10.1 Å². The molecule has 0 radical (unpaired) electrons. The molecule has 150 valence electrons. The first-order valence-corrected chi connectivity index (χ1v) is 9.97. The Hall–Kier alpha value is -3.06. The summed E-state index contributed by atoms with van der Waals surface area (Å²) >= 11 is 17.4. The molecule has 1 aromatic heterocycles. The summed E-state index contributed by atoms with van der Waals surface area (Å²) in [6.45, 7) is 0. The molecule has 0 aliphatic heterocycles. The molecule has 3 aromatic carbocycles. The van der Waals surface area contributed by atoms with Gasteiger partial charge < -0.3 is 14.8 Å². The van der Waals surface area contributed by atoms with Crippen molar-refractivity contribution < 1.29 is 14.3 Å².